The fourth-order valence-electron chi connectivity index (χ4n) is 13.1. The Balaban J connectivity index is 1.72. The standard InChI is InChI=1S/C62H78Cl2N2O2/c1-9-17-25-39-40(26-18-10-2)44(30-22-14-6)48-34-52-51(33-47(48)43(39)29-21-13-5)55-53-35-49-45(31-23-15-7)41(27-19-11-3)42(28-20-12-4)46(32-24-16-8)50(49)36-54(53)56(52)62(38-66)60(68)58(64)57(63)59(67)61(55,62)37-65/h33-36,55-56H,9-32H2,1-8H3/t55?,56?,61-,62+. The summed E-state index contributed by atoms with van der Waals surface area (Å²) >= 11 is 13.8. The number of ketones is 2. The summed E-state index contributed by atoms with van der Waals surface area (Å²) in [6.07, 6.45) is 25.2. The van der Waals surface area contributed by atoms with Crippen LogP contribution in [0, 0.1) is 33.5 Å². The van der Waals surface area contributed by atoms with Crippen molar-refractivity contribution in [2.24, 2.45) is 10.8 Å². The Kier molecular flexibility index (Phi) is 17.1. The van der Waals surface area contributed by atoms with E-state index in [9.17, 15) is 10.5 Å². The molecule has 0 unspecified atom stereocenters. The lowest BCUT2D eigenvalue weighted by Gasteiger charge is -2.58. The van der Waals surface area contributed by atoms with Crippen LogP contribution in [0.3, 0.4) is 0 Å². The number of Topliss-reactive ketones (excluding diaryl/α,β-unsaturated/α-hetero) is 2. The Morgan fingerprint density at radius 3 is 0.750 bits per heavy atom. The number of nitriles is 2. The number of nitrogens with zero attached hydrogens (tertiary/aromatic N) is 2. The predicted molar refractivity (Wildman–Crippen MR) is 285 cm³/mol. The highest BCUT2D eigenvalue weighted by Crippen LogP contribution is 2.73. The van der Waals surface area contributed by atoms with E-state index in [4.69, 9.17) is 23.2 Å². The molecule has 0 spiro atoms. The van der Waals surface area contributed by atoms with E-state index in [1.54, 1.807) is 0 Å². The summed E-state index contributed by atoms with van der Waals surface area (Å²) in [5, 5.41) is 27.8. The molecular formula is C62H78Cl2N2O2. The largest absolute Gasteiger partial charge is 0.291 e. The van der Waals surface area contributed by atoms with Gasteiger partial charge in [0.2, 0.25) is 0 Å². The van der Waals surface area contributed by atoms with Gasteiger partial charge in [0, 0.05) is 11.8 Å². The highest BCUT2D eigenvalue weighted by molar-refractivity contribution is 6.57. The van der Waals surface area contributed by atoms with Crippen molar-refractivity contribution in [3.05, 3.63) is 101 Å². The van der Waals surface area contributed by atoms with E-state index in [2.05, 4.69) is 91.8 Å². The Labute approximate surface area is 419 Å². The molecule has 2 bridgehead atoms. The topological polar surface area (TPSA) is 81.7 Å². The number of aryl methyl sites for hydroxylation is 4. The van der Waals surface area contributed by atoms with Gasteiger partial charge in [-0.25, -0.2) is 0 Å². The van der Waals surface area contributed by atoms with Crippen molar-refractivity contribution in [2.45, 2.75) is 221 Å². The summed E-state index contributed by atoms with van der Waals surface area (Å²) in [6.45, 7) is 18.2. The number of fused-ring (bicyclic) bond motifs is 2. The molecule has 4 nitrogen and oxygen atoms in total. The predicted octanol–water partition coefficient (Wildman–Crippen LogP) is 17.2. The van der Waals surface area contributed by atoms with Crippen LogP contribution in [0.15, 0.2) is 34.3 Å². The van der Waals surface area contributed by atoms with Crippen molar-refractivity contribution in [3.8, 4) is 12.1 Å². The zero-order valence-electron chi connectivity index (χ0n) is 42.9. The molecule has 0 amide bonds. The zero-order valence-corrected chi connectivity index (χ0v) is 44.4. The summed E-state index contributed by atoms with van der Waals surface area (Å²) in [6, 6.07) is 14.4. The lowest BCUT2D eigenvalue weighted by Crippen LogP contribution is -2.65. The first-order valence-electron chi connectivity index (χ1n) is 27.3. The normalized spacial score (nSPS) is 20.5. The molecule has 4 aliphatic rings. The SMILES string of the molecule is CCCCc1c(CCCC)c(CCCC)c2cc3c(cc2c1CCCC)C1c2cc4c(CCCC)c(CCCC)c(CCCC)c(CCCC)c4cc2C3[C@@]2(C#N)C(=O)C(Cl)=C(Cl)C(=O)[C@@]12C#N. The number of unbranched alkanes of at least 4 members (excludes halogenated alkanes) is 8. The minimum atomic E-state index is -2.12. The Morgan fingerprint density at radius 2 is 0.574 bits per heavy atom. The van der Waals surface area contributed by atoms with Crippen molar-refractivity contribution in [1.29, 1.82) is 10.5 Å². The molecule has 0 heterocycles. The maximum atomic E-state index is 15.4. The molecule has 0 aromatic heterocycles. The van der Waals surface area contributed by atoms with Gasteiger partial charge in [-0.15, -0.1) is 0 Å². The lowest BCUT2D eigenvalue weighted by molar-refractivity contribution is -0.141. The first-order valence-corrected chi connectivity index (χ1v) is 28.0. The molecule has 2 atom stereocenters. The number of allylic oxidation sites excluding steroid dienone is 2. The monoisotopic (exact) mass is 953 g/mol. The average Bonchev–Trinajstić information content (AvgIpc) is 3.35. The molecular weight excluding hydrogens is 876 g/mol. The van der Waals surface area contributed by atoms with Gasteiger partial charge >= 0.3 is 0 Å². The molecule has 6 heteroatoms. The van der Waals surface area contributed by atoms with Gasteiger partial charge in [0.1, 0.15) is 10.1 Å². The minimum absolute atomic E-state index is 0.429. The molecule has 0 radical (unpaired) electrons. The van der Waals surface area contributed by atoms with E-state index in [0.717, 1.165) is 176 Å². The highest BCUT2D eigenvalue weighted by Gasteiger charge is 2.78. The number of benzene rings is 4. The van der Waals surface area contributed by atoms with Crippen LogP contribution in [0.4, 0.5) is 0 Å². The number of hydrogen-bond acceptors (Lipinski definition) is 4. The van der Waals surface area contributed by atoms with Gasteiger partial charge in [0.25, 0.3) is 0 Å². The molecule has 4 aliphatic carbocycles. The second-order valence-electron chi connectivity index (χ2n) is 20.7. The second-order valence-corrected chi connectivity index (χ2v) is 21.5. The van der Waals surface area contributed by atoms with E-state index in [1.165, 1.54) is 66.1 Å². The third-order valence-corrected chi connectivity index (χ3v) is 17.4. The van der Waals surface area contributed by atoms with Crippen LogP contribution < -0.4 is 0 Å². The molecule has 362 valence electrons. The maximum Gasteiger partial charge on any atom is 0.199 e. The minimum Gasteiger partial charge on any atom is -0.291 e. The van der Waals surface area contributed by atoms with Gasteiger partial charge in [-0.1, -0.05) is 130 Å². The number of carbonyl (C=O) groups is 2. The van der Waals surface area contributed by atoms with Gasteiger partial charge in [0.15, 0.2) is 22.4 Å². The van der Waals surface area contributed by atoms with Gasteiger partial charge in [0.05, 0.1) is 12.1 Å². The fraction of sp³-hybridized carbons (Fsp3) is 0.581. The van der Waals surface area contributed by atoms with E-state index >= 15 is 9.59 Å². The van der Waals surface area contributed by atoms with Crippen molar-refractivity contribution in [3.63, 3.8) is 0 Å². The van der Waals surface area contributed by atoms with Crippen molar-refractivity contribution >= 4 is 56.3 Å². The number of halogens is 2. The van der Waals surface area contributed by atoms with Crippen LogP contribution >= 0.6 is 23.2 Å². The van der Waals surface area contributed by atoms with Crippen molar-refractivity contribution in [1.82, 2.24) is 0 Å². The summed E-state index contributed by atoms with van der Waals surface area (Å²) in [5.74, 6) is -3.25. The summed E-state index contributed by atoms with van der Waals surface area (Å²) in [7, 11) is 0. The molecule has 0 aliphatic heterocycles. The molecule has 68 heavy (non-hydrogen) atoms. The lowest BCUT2D eigenvalue weighted by atomic mass is 9.37. The summed E-state index contributed by atoms with van der Waals surface area (Å²) in [5.41, 5.74) is 10.9. The van der Waals surface area contributed by atoms with Crippen LogP contribution in [-0.4, -0.2) is 11.6 Å². The molecule has 8 rings (SSSR count). The third-order valence-electron chi connectivity index (χ3n) is 16.6. The Morgan fingerprint density at radius 1 is 0.382 bits per heavy atom. The van der Waals surface area contributed by atoms with Gasteiger partial charge in [-0.05, 0) is 215 Å². The van der Waals surface area contributed by atoms with Gasteiger partial charge < -0.3 is 0 Å². The Bertz CT molecular complexity index is 2380. The smallest absolute Gasteiger partial charge is 0.199 e. The highest BCUT2D eigenvalue weighted by atomic mass is 35.5. The zero-order chi connectivity index (χ0) is 48.9. The quantitative estimate of drug-likeness (QED) is 0.0701. The molecule has 0 saturated heterocycles. The summed E-state index contributed by atoms with van der Waals surface area (Å²) < 4.78 is 0. The van der Waals surface area contributed by atoms with Crippen LogP contribution in [0.25, 0.3) is 21.5 Å². The number of carbonyl (C=O) groups excluding carboxylic acids is 2. The third kappa shape index (κ3) is 8.28. The van der Waals surface area contributed by atoms with Crippen LogP contribution in [-0.2, 0) is 61.0 Å². The summed E-state index contributed by atoms with van der Waals surface area (Å²) in [4.78, 5) is 30.7. The van der Waals surface area contributed by atoms with Gasteiger partial charge in [-0.2, -0.15) is 10.5 Å². The number of hydrogen-bond donors (Lipinski definition) is 0. The molecule has 0 saturated carbocycles. The second kappa shape index (κ2) is 22.4. The molecule has 0 fully saturated rings. The Hall–Kier alpha value is -3.96. The van der Waals surface area contributed by atoms with E-state index in [1.807, 2.05) is 0 Å². The molecule has 4 aromatic rings. The van der Waals surface area contributed by atoms with Crippen LogP contribution in [0.5, 0.6) is 0 Å². The maximum absolute atomic E-state index is 15.4. The number of rotatable bonds is 24. The first-order chi connectivity index (χ1) is 33.0. The van der Waals surface area contributed by atoms with E-state index in [0.29, 0.717) is 0 Å². The molecule has 4 aromatic carbocycles. The average molecular weight is 954 g/mol. The fourth-order valence-corrected chi connectivity index (χ4v) is 13.6. The first kappa shape index (κ1) is 51.9. The van der Waals surface area contributed by atoms with Crippen LogP contribution in [0.1, 0.15) is 237 Å². The molecule has 0 N–H and O–H groups in total. The van der Waals surface area contributed by atoms with Gasteiger partial charge in [-0.3, -0.25) is 9.59 Å². The van der Waals surface area contributed by atoms with Crippen molar-refractivity contribution in [2.75, 3.05) is 0 Å². The van der Waals surface area contributed by atoms with Crippen LogP contribution in [0.2, 0.25) is 0 Å². The van der Waals surface area contributed by atoms with E-state index < -0.39 is 44.3 Å². The van der Waals surface area contributed by atoms with Crippen molar-refractivity contribution < 1.29 is 9.59 Å². The van der Waals surface area contributed by atoms with E-state index in [-0.39, 0.29) is 0 Å².